The van der Waals surface area contributed by atoms with Crippen molar-refractivity contribution in [2.75, 3.05) is 18.1 Å². The smallest absolute Gasteiger partial charge is 0.466 e. The molecule has 12 heteroatoms. The van der Waals surface area contributed by atoms with Crippen LogP contribution in [0.5, 0.6) is 5.88 Å². The lowest BCUT2D eigenvalue weighted by Crippen LogP contribution is -2.28. The van der Waals surface area contributed by atoms with Crippen LogP contribution in [-0.4, -0.2) is 43.0 Å². The Morgan fingerprint density at radius 3 is 2.41 bits per heavy atom. The number of carbonyl (C=O) groups excluding carboxylic acids is 1. The van der Waals surface area contributed by atoms with E-state index >= 15 is 0 Å². The van der Waals surface area contributed by atoms with E-state index in [4.69, 9.17) is 4.74 Å². The number of nitrogens with zero attached hydrogens (tertiary/aromatic N) is 3. The molecule has 0 fully saturated rings. The number of rotatable bonds is 12. The minimum absolute atomic E-state index is 0.219. The number of hydrogen-bond acceptors (Lipinski definition) is 8. The van der Waals surface area contributed by atoms with Crippen LogP contribution in [0, 0.1) is 0 Å². The highest BCUT2D eigenvalue weighted by molar-refractivity contribution is 7.87. The minimum atomic E-state index is -5.79. The van der Waals surface area contributed by atoms with Crippen LogP contribution in [0.1, 0.15) is 39.0 Å². The summed E-state index contributed by atoms with van der Waals surface area (Å²) < 4.78 is 68.6. The molecule has 2 heterocycles. The van der Waals surface area contributed by atoms with Crippen molar-refractivity contribution in [3.05, 3.63) is 42.7 Å². The molecule has 0 N–H and O–H groups in total. The molecule has 2 rings (SSSR count). The average Bonchev–Trinajstić information content (AvgIpc) is 2.74. The molecule has 0 atom stereocenters. The van der Waals surface area contributed by atoms with Gasteiger partial charge in [0.05, 0.1) is 18.5 Å². The van der Waals surface area contributed by atoms with Gasteiger partial charge in [-0.2, -0.15) is 21.6 Å². The SMILES string of the molecule is CCOC(=O)CCCCCCN(c1ccc(OS(=O)(=O)C(F)(F)F)nc1)c1ccccn1. The molecule has 0 saturated carbocycles. The highest BCUT2D eigenvalue weighted by Crippen LogP contribution is 2.28. The number of unbranched alkanes of at least 4 members (excludes halogenated alkanes) is 3. The van der Waals surface area contributed by atoms with E-state index < -0.39 is 21.5 Å². The van der Waals surface area contributed by atoms with Crippen LogP contribution < -0.4 is 9.08 Å². The van der Waals surface area contributed by atoms with Gasteiger partial charge in [0.2, 0.25) is 5.88 Å². The van der Waals surface area contributed by atoms with E-state index in [0.29, 0.717) is 37.5 Å². The highest BCUT2D eigenvalue weighted by Gasteiger charge is 2.48. The van der Waals surface area contributed by atoms with Crippen molar-refractivity contribution in [1.82, 2.24) is 9.97 Å². The summed E-state index contributed by atoms with van der Waals surface area (Å²) >= 11 is 0. The lowest BCUT2D eigenvalue weighted by atomic mass is 10.1. The van der Waals surface area contributed by atoms with Crippen molar-refractivity contribution < 1.29 is 35.3 Å². The minimum Gasteiger partial charge on any atom is -0.466 e. The number of halogens is 3. The predicted octanol–water partition coefficient (Wildman–Crippen LogP) is 4.36. The molecule has 2 aromatic heterocycles. The quantitative estimate of drug-likeness (QED) is 0.193. The van der Waals surface area contributed by atoms with E-state index in [9.17, 15) is 26.4 Å². The summed E-state index contributed by atoms with van der Waals surface area (Å²) in [5.74, 6) is -0.313. The average molecular weight is 475 g/mol. The molecule has 0 spiro atoms. The first kappa shape index (κ1) is 25.4. The number of carbonyl (C=O) groups is 1. The largest absolute Gasteiger partial charge is 0.534 e. The van der Waals surface area contributed by atoms with E-state index in [1.165, 1.54) is 12.3 Å². The van der Waals surface area contributed by atoms with Crippen LogP contribution in [0.2, 0.25) is 0 Å². The van der Waals surface area contributed by atoms with Gasteiger partial charge >= 0.3 is 21.6 Å². The summed E-state index contributed by atoms with van der Waals surface area (Å²) in [6, 6.07) is 7.75. The van der Waals surface area contributed by atoms with Gasteiger partial charge in [-0.25, -0.2) is 9.97 Å². The molecule has 0 aromatic carbocycles. The van der Waals surface area contributed by atoms with E-state index in [1.807, 2.05) is 0 Å². The molecule has 8 nitrogen and oxygen atoms in total. The summed E-state index contributed by atoms with van der Waals surface area (Å²) in [4.78, 5) is 21.2. The van der Waals surface area contributed by atoms with Crippen LogP contribution in [-0.2, 0) is 19.6 Å². The van der Waals surface area contributed by atoms with E-state index in [2.05, 4.69) is 14.2 Å². The van der Waals surface area contributed by atoms with E-state index in [-0.39, 0.29) is 5.97 Å². The maximum absolute atomic E-state index is 12.5. The fourth-order valence-electron chi connectivity index (χ4n) is 2.76. The van der Waals surface area contributed by atoms with Crippen LogP contribution in [0.4, 0.5) is 24.7 Å². The standard InChI is InChI=1S/C20H24F3N3O5S/c1-2-30-19(27)10-5-3-4-8-14-26(17-9-6-7-13-24-17)16-11-12-18(25-15-16)31-32(28,29)20(21,22)23/h6-7,9,11-13,15H,2-5,8,10,14H2,1H3. The Kier molecular flexibility index (Phi) is 9.24. The Morgan fingerprint density at radius 2 is 1.81 bits per heavy atom. The van der Waals surface area contributed by atoms with Crippen molar-refractivity contribution >= 4 is 27.6 Å². The molecule has 0 amide bonds. The molecule has 0 aliphatic heterocycles. The molecule has 0 aliphatic carbocycles. The van der Waals surface area contributed by atoms with Crippen molar-refractivity contribution in [2.45, 2.75) is 44.5 Å². The number of anilines is 2. The topological polar surface area (TPSA) is 98.7 Å². The van der Waals surface area contributed by atoms with Crippen molar-refractivity contribution in [3.8, 4) is 5.88 Å². The lowest BCUT2D eigenvalue weighted by molar-refractivity contribution is -0.143. The third kappa shape index (κ3) is 7.66. The van der Waals surface area contributed by atoms with Crippen molar-refractivity contribution in [1.29, 1.82) is 0 Å². The fourth-order valence-corrected chi connectivity index (χ4v) is 3.17. The summed E-state index contributed by atoms with van der Waals surface area (Å²) in [6.45, 7) is 2.64. The maximum atomic E-state index is 12.5. The lowest BCUT2D eigenvalue weighted by Gasteiger charge is -2.23. The molecule has 0 bridgehead atoms. The van der Waals surface area contributed by atoms with Crippen molar-refractivity contribution in [3.63, 3.8) is 0 Å². The highest BCUT2D eigenvalue weighted by atomic mass is 32.2. The number of pyridine rings is 2. The second kappa shape index (κ2) is 11.7. The molecule has 0 aliphatic rings. The normalized spacial score (nSPS) is 11.8. The summed E-state index contributed by atoms with van der Waals surface area (Å²) in [7, 11) is -5.79. The van der Waals surface area contributed by atoms with E-state index in [1.54, 1.807) is 36.2 Å². The number of ether oxygens (including phenoxy) is 1. The maximum Gasteiger partial charge on any atom is 0.534 e. The van der Waals surface area contributed by atoms with Crippen LogP contribution in [0.15, 0.2) is 42.7 Å². The number of esters is 1. The van der Waals surface area contributed by atoms with Gasteiger partial charge in [-0.05, 0) is 38.0 Å². The fraction of sp³-hybridized carbons (Fsp3) is 0.450. The molecule has 0 saturated heterocycles. The molecule has 176 valence electrons. The van der Waals surface area contributed by atoms with Gasteiger partial charge in [-0.15, -0.1) is 0 Å². The Bertz CT molecular complexity index is 955. The zero-order chi connectivity index (χ0) is 23.6. The van der Waals surface area contributed by atoms with Gasteiger partial charge in [0.25, 0.3) is 0 Å². The van der Waals surface area contributed by atoms with Gasteiger partial charge in [-0.3, -0.25) is 4.79 Å². The predicted molar refractivity (Wildman–Crippen MR) is 111 cm³/mol. The Balaban J connectivity index is 2.01. The van der Waals surface area contributed by atoms with Gasteiger partial charge < -0.3 is 13.8 Å². The number of alkyl halides is 3. The van der Waals surface area contributed by atoms with Gasteiger partial charge in [-0.1, -0.05) is 18.9 Å². The second-order valence-electron chi connectivity index (χ2n) is 6.65. The zero-order valence-electron chi connectivity index (χ0n) is 17.4. The van der Waals surface area contributed by atoms with Crippen LogP contribution in [0.3, 0.4) is 0 Å². The second-order valence-corrected chi connectivity index (χ2v) is 8.18. The third-order valence-electron chi connectivity index (χ3n) is 4.25. The van der Waals surface area contributed by atoms with E-state index in [0.717, 1.165) is 25.3 Å². The Morgan fingerprint density at radius 1 is 1.06 bits per heavy atom. The van der Waals surface area contributed by atoms with Gasteiger partial charge in [0.1, 0.15) is 5.82 Å². The number of hydrogen-bond donors (Lipinski definition) is 0. The molecule has 0 radical (unpaired) electrons. The first-order chi connectivity index (χ1) is 15.1. The third-order valence-corrected chi connectivity index (χ3v) is 5.21. The Labute approximate surface area is 184 Å². The van der Waals surface area contributed by atoms with Crippen LogP contribution in [0.25, 0.3) is 0 Å². The van der Waals surface area contributed by atoms with Gasteiger partial charge in [0.15, 0.2) is 0 Å². The molecular weight excluding hydrogens is 451 g/mol. The first-order valence-electron chi connectivity index (χ1n) is 9.95. The summed E-state index contributed by atoms with van der Waals surface area (Å²) in [5, 5.41) is 0. The van der Waals surface area contributed by atoms with Crippen molar-refractivity contribution in [2.24, 2.45) is 0 Å². The van der Waals surface area contributed by atoms with Crippen LogP contribution >= 0.6 is 0 Å². The molecular formula is C20H24F3N3O5S. The molecule has 0 unspecified atom stereocenters. The monoisotopic (exact) mass is 475 g/mol. The van der Waals surface area contributed by atoms with Gasteiger partial charge in [0, 0.05) is 25.2 Å². The molecule has 32 heavy (non-hydrogen) atoms. The first-order valence-corrected chi connectivity index (χ1v) is 11.4. The summed E-state index contributed by atoms with van der Waals surface area (Å²) in [5.41, 5.74) is -5.03. The molecule has 2 aromatic rings. The number of aromatic nitrogens is 2. The Hall–Kier alpha value is -2.89. The summed E-state index contributed by atoms with van der Waals surface area (Å²) in [6.07, 6.45) is 6.31. The zero-order valence-corrected chi connectivity index (χ0v) is 18.2.